The van der Waals surface area contributed by atoms with E-state index in [1.807, 2.05) is 0 Å². The van der Waals surface area contributed by atoms with Crippen molar-refractivity contribution >= 4 is 34.3 Å². The quantitative estimate of drug-likeness (QED) is 0.707. The van der Waals surface area contributed by atoms with E-state index in [1.54, 1.807) is 0 Å². The van der Waals surface area contributed by atoms with E-state index in [4.69, 9.17) is 23.2 Å². The highest BCUT2D eigenvalue weighted by Gasteiger charge is 2.35. The second kappa shape index (κ2) is 3.28. The number of hydrogen-bond donors (Lipinski definition) is 0. The Morgan fingerprint density at radius 2 is 1.87 bits per heavy atom. The first-order valence-corrected chi connectivity index (χ1v) is 4.46. The molecule has 0 unspecified atom stereocenters. The molecule has 0 aliphatic carbocycles. The molecule has 0 saturated carbocycles. The molecule has 0 aliphatic heterocycles. The van der Waals surface area contributed by atoms with Gasteiger partial charge in [-0.25, -0.2) is 0 Å². The maximum Gasteiger partial charge on any atom is 0.420 e. The zero-order chi connectivity index (χ0) is 11.2. The molecular formula is C8H2Cl2F3NO. The van der Waals surface area contributed by atoms with Crippen molar-refractivity contribution in [1.82, 2.24) is 4.98 Å². The number of fused-ring (bicyclic) bond motifs is 1. The van der Waals surface area contributed by atoms with Crippen LogP contribution < -0.4 is 0 Å². The van der Waals surface area contributed by atoms with Crippen molar-refractivity contribution in [1.29, 1.82) is 0 Å². The summed E-state index contributed by atoms with van der Waals surface area (Å²) in [6.07, 6.45) is -4.55. The maximum absolute atomic E-state index is 12.5. The van der Waals surface area contributed by atoms with Crippen LogP contribution in [-0.2, 0) is 6.18 Å². The van der Waals surface area contributed by atoms with Crippen LogP contribution in [0.2, 0.25) is 10.4 Å². The fourth-order valence-corrected chi connectivity index (χ4v) is 1.56. The standard InChI is InChI=1S/C8H2Cl2F3NO/c9-3-1-4(8(11,12)13)6-5(2-3)14-7(10)15-6/h1-2H. The van der Waals surface area contributed by atoms with Crippen molar-refractivity contribution in [3.05, 3.63) is 28.1 Å². The molecule has 0 amide bonds. The summed E-state index contributed by atoms with van der Waals surface area (Å²) < 4.78 is 42.2. The molecule has 1 aromatic carbocycles. The van der Waals surface area contributed by atoms with Crippen LogP contribution in [0.4, 0.5) is 13.2 Å². The van der Waals surface area contributed by atoms with Crippen molar-refractivity contribution in [3.63, 3.8) is 0 Å². The summed E-state index contributed by atoms with van der Waals surface area (Å²) in [5, 5.41) is -0.419. The molecule has 7 heteroatoms. The third kappa shape index (κ3) is 1.89. The molecule has 1 aromatic heterocycles. The SMILES string of the molecule is FC(F)(F)c1cc(Cl)cc2nc(Cl)oc12. The lowest BCUT2D eigenvalue weighted by Crippen LogP contribution is -2.05. The Kier molecular flexibility index (Phi) is 2.31. The zero-order valence-electron chi connectivity index (χ0n) is 6.90. The topological polar surface area (TPSA) is 26.0 Å². The molecule has 0 bridgehead atoms. The molecule has 0 atom stereocenters. The van der Waals surface area contributed by atoms with E-state index in [0.29, 0.717) is 0 Å². The number of rotatable bonds is 0. The third-order valence-corrected chi connectivity index (χ3v) is 2.11. The number of halogens is 5. The van der Waals surface area contributed by atoms with E-state index in [1.165, 1.54) is 6.07 Å². The molecule has 1 heterocycles. The first-order valence-electron chi connectivity index (χ1n) is 3.71. The van der Waals surface area contributed by atoms with Gasteiger partial charge >= 0.3 is 6.18 Å². The fraction of sp³-hybridized carbons (Fsp3) is 0.125. The largest absolute Gasteiger partial charge is 0.427 e. The van der Waals surface area contributed by atoms with Crippen molar-refractivity contribution in [2.45, 2.75) is 6.18 Å². The van der Waals surface area contributed by atoms with Crippen LogP contribution in [0.25, 0.3) is 11.1 Å². The van der Waals surface area contributed by atoms with Gasteiger partial charge in [0.1, 0.15) is 11.1 Å². The van der Waals surface area contributed by atoms with Crippen molar-refractivity contribution in [3.8, 4) is 0 Å². The molecule has 0 radical (unpaired) electrons. The first kappa shape index (κ1) is 10.6. The van der Waals surface area contributed by atoms with Crippen LogP contribution in [-0.4, -0.2) is 4.98 Å². The first-order chi connectivity index (χ1) is 6.88. The zero-order valence-corrected chi connectivity index (χ0v) is 8.41. The number of nitrogens with zero attached hydrogens (tertiary/aromatic N) is 1. The normalized spacial score (nSPS) is 12.3. The molecule has 0 saturated heterocycles. The number of hydrogen-bond acceptors (Lipinski definition) is 2. The number of alkyl halides is 3. The van der Waals surface area contributed by atoms with Gasteiger partial charge in [-0.3, -0.25) is 0 Å². The summed E-state index contributed by atoms with van der Waals surface area (Å²) >= 11 is 10.9. The lowest BCUT2D eigenvalue weighted by atomic mass is 10.2. The lowest BCUT2D eigenvalue weighted by Gasteiger charge is -2.06. The van der Waals surface area contributed by atoms with Gasteiger partial charge in [0, 0.05) is 5.02 Å². The van der Waals surface area contributed by atoms with E-state index in [0.717, 1.165) is 6.07 Å². The smallest absolute Gasteiger partial charge is 0.420 e. The van der Waals surface area contributed by atoms with Crippen molar-refractivity contribution in [2.24, 2.45) is 0 Å². The Morgan fingerprint density at radius 1 is 1.20 bits per heavy atom. The Labute approximate surface area is 91.6 Å². The fourth-order valence-electron chi connectivity index (χ4n) is 1.18. The predicted octanol–water partition coefficient (Wildman–Crippen LogP) is 4.15. The molecule has 2 aromatic rings. The summed E-state index contributed by atoms with van der Waals surface area (Å²) in [6.45, 7) is 0. The van der Waals surface area contributed by atoms with Gasteiger partial charge in [0.25, 0.3) is 5.35 Å². The summed E-state index contributed by atoms with van der Waals surface area (Å²) in [5.74, 6) is 0. The van der Waals surface area contributed by atoms with Crippen LogP contribution in [0, 0.1) is 0 Å². The molecule has 0 aliphatic rings. The van der Waals surface area contributed by atoms with Gasteiger partial charge in [0.2, 0.25) is 0 Å². The summed E-state index contributed by atoms with van der Waals surface area (Å²) in [6, 6.07) is 2.02. The van der Waals surface area contributed by atoms with Gasteiger partial charge in [0.05, 0.1) is 0 Å². The van der Waals surface area contributed by atoms with E-state index >= 15 is 0 Å². The summed E-state index contributed by atoms with van der Waals surface area (Å²) in [7, 11) is 0. The van der Waals surface area contributed by atoms with Gasteiger partial charge in [-0.1, -0.05) is 11.6 Å². The van der Waals surface area contributed by atoms with Gasteiger partial charge in [0.15, 0.2) is 5.58 Å². The van der Waals surface area contributed by atoms with Crippen LogP contribution in [0.1, 0.15) is 5.56 Å². The minimum absolute atomic E-state index is 0.0141. The second-order valence-electron chi connectivity index (χ2n) is 2.77. The highest BCUT2D eigenvalue weighted by molar-refractivity contribution is 6.31. The predicted molar refractivity (Wildman–Crippen MR) is 49.0 cm³/mol. The van der Waals surface area contributed by atoms with Crippen molar-refractivity contribution < 1.29 is 17.6 Å². The minimum Gasteiger partial charge on any atom is -0.427 e. The van der Waals surface area contributed by atoms with E-state index in [-0.39, 0.29) is 15.9 Å². The Morgan fingerprint density at radius 3 is 2.47 bits per heavy atom. The molecule has 2 nitrogen and oxygen atoms in total. The molecular weight excluding hydrogens is 254 g/mol. The number of oxazole rings is 1. The second-order valence-corrected chi connectivity index (χ2v) is 3.53. The Balaban J connectivity index is 2.82. The molecule has 2 rings (SSSR count). The van der Waals surface area contributed by atoms with Crippen molar-refractivity contribution in [2.75, 3.05) is 0 Å². The average Bonchev–Trinajstić information content (AvgIpc) is 2.41. The van der Waals surface area contributed by atoms with Crippen LogP contribution >= 0.6 is 23.2 Å². The highest BCUT2D eigenvalue weighted by atomic mass is 35.5. The molecule has 0 spiro atoms. The Bertz CT molecular complexity index is 520. The lowest BCUT2D eigenvalue weighted by molar-refractivity contribution is -0.136. The maximum atomic E-state index is 12.5. The van der Waals surface area contributed by atoms with Gasteiger partial charge < -0.3 is 4.42 Å². The van der Waals surface area contributed by atoms with Gasteiger partial charge in [-0.2, -0.15) is 18.2 Å². The molecule has 80 valence electrons. The molecule has 0 N–H and O–H groups in total. The number of aromatic nitrogens is 1. The summed E-state index contributed by atoms with van der Waals surface area (Å²) in [4.78, 5) is 3.56. The molecule has 0 fully saturated rings. The number of benzene rings is 1. The Hall–Kier alpha value is -0.940. The van der Waals surface area contributed by atoms with E-state index in [9.17, 15) is 13.2 Å². The van der Waals surface area contributed by atoms with Crippen LogP contribution in [0.3, 0.4) is 0 Å². The van der Waals surface area contributed by atoms with E-state index < -0.39 is 17.3 Å². The van der Waals surface area contributed by atoms with Crippen LogP contribution in [0.15, 0.2) is 16.5 Å². The van der Waals surface area contributed by atoms with Gasteiger partial charge in [-0.05, 0) is 23.7 Å². The monoisotopic (exact) mass is 255 g/mol. The highest BCUT2D eigenvalue weighted by Crippen LogP contribution is 2.37. The third-order valence-electron chi connectivity index (χ3n) is 1.73. The minimum atomic E-state index is -4.55. The van der Waals surface area contributed by atoms with Crippen LogP contribution in [0.5, 0.6) is 0 Å². The van der Waals surface area contributed by atoms with Gasteiger partial charge in [-0.15, -0.1) is 0 Å². The average molecular weight is 256 g/mol. The molecule has 15 heavy (non-hydrogen) atoms. The summed E-state index contributed by atoms with van der Waals surface area (Å²) in [5.41, 5.74) is -1.40. The van der Waals surface area contributed by atoms with E-state index in [2.05, 4.69) is 9.40 Å².